The largest absolute Gasteiger partial charge is 0.486 e. The fourth-order valence-corrected chi connectivity index (χ4v) is 4.13. The number of para-hydroxylation sites is 1. The molecular formula is C23H22N2O5S. The fraction of sp³-hybridized carbons (Fsp3) is 0.174. The standard InChI is InChI=1S/C23H22N2O5S/c1-31(27,28)25(20-5-3-2-4-6-20)16-17-7-9-18(10-8-17)23(26)24-19-11-12-21-22(15-19)30-14-13-29-21/h2-12,15H,13-14,16H2,1H3,(H,24,26). The van der Waals surface area contributed by atoms with Gasteiger partial charge >= 0.3 is 0 Å². The molecule has 0 saturated carbocycles. The summed E-state index contributed by atoms with van der Waals surface area (Å²) >= 11 is 0. The van der Waals surface area contributed by atoms with Crippen LogP contribution in [0.15, 0.2) is 72.8 Å². The van der Waals surface area contributed by atoms with Crippen LogP contribution >= 0.6 is 0 Å². The Morgan fingerprint density at radius 3 is 2.29 bits per heavy atom. The van der Waals surface area contributed by atoms with Gasteiger partial charge in [-0.1, -0.05) is 30.3 Å². The Balaban J connectivity index is 1.46. The number of hydrogen-bond donors (Lipinski definition) is 1. The van der Waals surface area contributed by atoms with Gasteiger partial charge in [-0.25, -0.2) is 8.42 Å². The van der Waals surface area contributed by atoms with Crippen LogP contribution in [0.1, 0.15) is 15.9 Å². The van der Waals surface area contributed by atoms with Gasteiger partial charge in [0, 0.05) is 17.3 Å². The molecule has 0 atom stereocenters. The van der Waals surface area contributed by atoms with Crippen LogP contribution in [0.2, 0.25) is 0 Å². The monoisotopic (exact) mass is 438 g/mol. The summed E-state index contributed by atoms with van der Waals surface area (Å²) in [5, 5.41) is 2.84. The van der Waals surface area contributed by atoms with Gasteiger partial charge < -0.3 is 14.8 Å². The molecule has 160 valence electrons. The van der Waals surface area contributed by atoms with Crippen molar-refractivity contribution in [1.29, 1.82) is 0 Å². The number of rotatable bonds is 6. The number of carbonyl (C=O) groups excluding carboxylic acids is 1. The average molecular weight is 439 g/mol. The fourth-order valence-electron chi connectivity index (χ4n) is 3.25. The Morgan fingerprint density at radius 1 is 0.935 bits per heavy atom. The van der Waals surface area contributed by atoms with E-state index in [4.69, 9.17) is 9.47 Å². The third-order valence-corrected chi connectivity index (χ3v) is 5.93. The minimum atomic E-state index is -3.46. The molecule has 3 aromatic rings. The van der Waals surface area contributed by atoms with Crippen molar-refractivity contribution in [2.75, 3.05) is 29.1 Å². The normalized spacial score (nSPS) is 12.8. The van der Waals surface area contributed by atoms with Crippen molar-refractivity contribution in [1.82, 2.24) is 0 Å². The highest BCUT2D eigenvalue weighted by Crippen LogP contribution is 2.32. The van der Waals surface area contributed by atoms with Gasteiger partial charge in [0.05, 0.1) is 18.5 Å². The number of carbonyl (C=O) groups is 1. The van der Waals surface area contributed by atoms with Gasteiger partial charge in [-0.3, -0.25) is 9.10 Å². The molecule has 8 heteroatoms. The van der Waals surface area contributed by atoms with Gasteiger partial charge in [0.25, 0.3) is 5.91 Å². The number of anilines is 2. The third kappa shape index (κ3) is 4.97. The molecule has 4 rings (SSSR count). The summed E-state index contributed by atoms with van der Waals surface area (Å²) < 4.78 is 36.9. The maximum Gasteiger partial charge on any atom is 0.255 e. The molecular weight excluding hydrogens is 416 g/mol. The number of ether oxygens (including phenoxy) is 2. The van der Waals surface area contributed by atoms with Crippen LogP contribution in [-0.4, -0.2) is 33.8 Å². The lowest BCUT2D eigenvalue weighted by Gasteiger charge is -2.22. The van der Waals surface area contributed by atoms with Gasteiger partial charge in [-0.15, -0.1) is 0 Å². The number of nitrogens with one attached hydrogen (secondary N) is 1. The second-order valence-electron chi connectivity index (χ2n) is 7.11. The van der Waals surface area contributed by atoms with Crippen molar-refractivity contribution in [2.45, 2.75) is 6.54 Å². The molecule has 1 N–H and O–H groups in total. The minimum absolute atomic E-state index is 0.174. The topological polar surface area (TPSA) is 84.9 Å². The molecule has 0 saturated heterocycles. The van der Waals surface area contributed by atoms with Crippen LogP contribution in [0.5, 0.6) is 11.5 Å². The molecule has 0 spiro atoms. The van der Waals surface area contributed by atoms with E-state index in [0.717, 1.165) is 5.56 Å². The Kier molecular flexibility index (Phi) is 5.81. The highest BCUT2D eigenvalue weighted by Gasteiger charge is 2.18. The lowest BCUT2D eigenvalue weighted by Crippen LogP contribution is -2.29. The van der Waals surface area contributed by atoms with Gasteiger partial charge in [-0.05, 0) is 42.0 Å². The maximum absolute atomic E-state index is 12.6. The van der Waals surface area contributed by atoms with Crippen molar-refractivity contribution >= 4 is 27.3 Å². The zero-order valence-corrected chi connectivity index (χ0v) is 17.8. The number of sulfonamides is 1. The minimum Gasteiger partial charge on any atom is -0.486 e. The van der Waals surface area contributed by atoms with Crippen LogP contribution in [0, 0.1) is 0 Å². The molecule has 7 nitrogen and oxygen atoms in total. The van der Waals surface area contributed by atoms with Crippen molar-refractivity contribution in [3.63, 3.8) is 0 Å². The molecule has 0 bridgehead atoms. The average Bonchev–Trinajstić information content (AvgIpc) is 2.77. The van der Waals surface area contributed by atoms with E-state index in [0.29, 0.717) is 41.7 Å². The number of nitrogens with zero attached hydrogens (tertiary/aromatic N) is 1. The van der Waals surface area contributed by atoms with Gasteiger partial charge in [0.2, 0.25) is 10.0 Å². The van der Waals surface area contributed by atoms with Crippen molar-refractivity contribution in [3.05, 3.63) is 83.9 Å². The van der Waals surface area contributed by atoms with Crippen molar-refractivity contribution < 1.29 is 22.7 Å². The second kappa shape index (κ2) is 8.69. The van der Waals surface area contributed by atoms with E-state index in [9.17, 15) is 13.2 Å². The lowest BCUT2D eigenvalue weighted by atomic mass is 10.1. The van der Waals surface area contributed by atoms with Crippen molar-refractivity contribution in [2.24, 2.45) is 0 Å². The first-order chi connectivity index (χ1) is 14.9. The van der Waals surface area contributed by atoms with Crippen LogP contribution in [0.25, 0.3) is 0 Å². The van der Waals surface area contributed by atoms with E-state index in [1.54, 1.807) is 66.7 Å². The van der Waals surface area contributed by atoms with Gasteiger partial charge in [0.15, 0.2) is 11.5 Å². The lowest BCUT2D eigenvalue weighted by molar-refractivity contribution is 0.102. The van der Waals surface area contributed by atoms with Gasteiger partial charge in [-0.2, -0.15) is 0 Å². The Labute approximate surface area is 181 Å². The van der Waals surface area contributed by atoms with E-state index in [1.165, 1.54) is 10.6 Å². The van der Waals surface area contributed by atoms with E-state index < -0.39 is 10.0 Å². The van der Waals surface area contributed by atoms with Gasteiger partial charge in [0.1, 0.15) is 13.2 Å². The van der Waals surface area contributed by atoms with Crippen LogP contribution in [0.3, 0.4) is 0 Å². The second-order valence-corrected chi connectivity index (χ2v) is 9.02. The molecule has 3 aromatic carbocycles. The van der Waals surface area contributed by atoms with E-state index in [1.807, 2.05) is 6.07 Å². The summed E-state index contributed by atoms with van der Waals surface area (Å²) in [6.07, 6.45) is 1.18. The summed E-state index contributed by atoms with van der Waals surface area (Å²) in [6, 6.07) is 21.0. The molecule has 1 amide bonds. The number of benzene rings is 3. The molecule has 1 aliphatic rings. The SMILES string of the molecule is CS(=O)(=O)N(Cc1ccc(C(=O)Nc2ccc3c(c2)OCCO3)cc1)c1ccccc1. The Bertz CT molecular complexity index is 1180. The first-order valence-corrected chi connectivity index (χ1v) is 11.6. The molecule has 31 heavy (non-hydrogen) atoms. The summed E-state index contributed by atoms with van der Waals surface area (Å²) in [4.78, 5) is 12.6. The highest BCUT2D eigenvalue weighted by molar-refractivity contribution is 7.92. The first-order valence-electron chi connectivity index (χ1n) is 9.73. The predicted molar refractivity (Wildman–Crippen MR) is 119 cm³/mol. The molecule has 0 unspecified atom stereocenters. The highest BCUT2D eigenvalue weighted by atomic mass is 32.2. The summed E-state index contributed by atoms with van der Waals surface area (Å²) in [5.41, 5.74) is 2.42. The predicted octanol–water partition coefficient (Wildman–Crippen LogP) is 3.68. The van der Waals surface area contributed by atoms with E-state index in [2.05, 4.69) is 5.32 Å². The molecule has 1 aliphatic heterocycles. The summed E-state index contributed by atoms with van der Waals surface area (Å²) in [5.74, 6) is 0.981. The Hall–Kier alpha value is -3.52. The zero-order valence-electron chi connectivity index (χ0n) is 16.9. The zero-order chi connectivity index (χ0) is 21.8. The van der Waals surface area contributed by atoms with E-state index in [-0.39, 0.29) is 12.5 Å². The number of fused-ring (bicyclic) bond motifs is 1. The summed E-state index contributed by atoms with van der Waals surface area (Å²) in [7, 11) is -3.46. The molecule has 0 radical (unpaired) electrons. The third-order valence-electron chi connectivity index (χ3n) is 4.79. The first kappa shape index (κ1) is 20.7. The molecule has 0 aliphatic carbocycles. The number of amides is 1. The summed E-state index contributed by atoms with van der Waals surface area (Å²) in [6.45, 7) is 1.15. The molecule has 0 fully saturated rings. The number of hydrogen-bond acceptors (Lipinski definition) is 5. The van der Waals surface area contributed by atoms with Crippen LogP contribution in [-0.2, 0) is 16.6 Å². The van der Waals surface area contributed by atoms with Crippen LogP contribution < -0.4 is 19.1 Å². The molecule has 0 aromatic heterocycles. The van der Waals surface area contributed by atoms with Crippen LogP contribution in [0.4, 0.5) is 11.4 Å². The quantitative estimate of drug-likeness (QED) is 0.635. The van der Waals surface area contributed by atoms with Crippen molar-refractivity contribution in [3.8, 4) is 11.5 Å². The van der Waals surface area contributed by atoms with E-state index >= 15 is 0 Å². The Morgan fingerprint density at radius 2 is 1.61 bits per heavy atom. The smallest absolute Gasteiger partial charge is 0.255 e. The maximum atomic E-state index is 12.6. The molecule has 1 heterocycles.